The van der Waals surface area contributed by atoms with Crippen molar-refractivity contribution in [2.45, 2.75) is 39.8 Å². The fraction of sp³-hybridized carbons (Fsp3) is 0.421. The third-order valence-electron chi connectivity index (χ3n) is 4.39. The minimum atomic E-state index is -4.40. The van der Waals surface area contributed by atoms with E-state index in [1.165, 1.54) is 22.3 Å². The average Bonchev–Trinajstić information content (AvgIpc) is 3.19. The molecule has 0 aliphatic carbocycles. The van der Waals surface area contributed by atoms with Gasteiger partial charge in [-0.05, 0) is 30.2 Å². The Morgan fingerprint density at radius 2 is 1.96 bits per heavy atom. The minimum Gasteiger partial charge on any atom is -0.311 e. The van der Waals surface area contributed by atoms with Crippen molar-refractivity contribution in [3.8, 4) is 0 Å². The molecule has 1 aliphatic rings. The van der Waals surface area contributed by atoms with Crippen molar-refractivity contribution in [1.29, 1.82) is 0 Å². The van der Waals surface area contributed by atoms with E-state index in [1.807, 2.05) is 0 Å². The molecule has 0 atom stereocenters. The molecule has 2 amide bonds. The smallest absolute Gasteiger partial charge is 0.311 e. The number of nitrogens with one attached hydrogen (secondary N) is 1. The molecule has 1 aromatic carbocycles. The molecule has 2 heterocycles. The van der Waals surface area contributed by atoms with E-state index in [-0.39, 0.29) is 18.2 Å². The SMILES string of the molecule is CC(C)(C)C(=O)Nc1nc(CC(=O)N2CCc3cc(C(F)(F)F)ccc32)cs1. The maximum absolute atomic E-state index is 12.8. The number of fused-ring (bicyclic) bond motifs is 1. The van der Waals surface area contributed by atoms with Gasteiger partial charge in [0.25, 0.3) is 0 Å². The van der Waals surface area contributed by atoms with E-state index in [1.54, 1.807) is 26.2 Å². The van der Waals surface area contributed by atoms with Gasteiger partial charge in [0.05, 0.1) is 17.7 Å². The van der Waals surface area contributed by atoms with Crippen molar-refractivity contribution in [3.63, 3.8) is 0 Å². The summed E-state index contributed by atoms with van der Waals surface area (Å²) in [5, 5.41) is 4.83. The number of rotatable bonds is 3. The highest BCUT2D eigenvalue weighted by molar-refractivity contribution is 7.13. The van der Waals surface area contributed by atoms with E-state index in [9.17, 15) is 22.8 Å². The zero-order valence-electron chi connectivity index (χ0n) is 15.7. The van der Waals surface area contributed by atoms with Crippen molar-refractivity contribution in [2.75, 3.05) is 16.8 Å². The number of carbonyl (C=O) groups is 2. The van der Waals surface area contributed by atoms with Crippen molar-refractivity contribution < 1.29 is 22.8 Å². The number of hydrogen-bond acceptors (Lipinski definition) is 4. The van der Waals surface area contributed by atoms with Crippen molar-refractivity contribution in [3.05, 3.63) is 40.4 Å². The number of nitrogens with zero attached hydrogens (tertiary/aromatic N) is 2. The quantitative estimate of drug-likeness (QED) is 0.820. The highest BCUT2D eigenvalue weighted by Gasteiger charge is 2.33. The molecule has 150 valence electrons. The molecule has 0 bridgehead atoms. The predicted octanol–water partition coefficient (Wildman–Crippen LogP) is 4.28. The van der Waals surface area contributed by atoms with E-state index in [2.05, 4.69) is 10.3 Å². The van der Waals surface area contributed by atoms with Crippen LogP contribution in [0.15, 0.2) is 23.6 Å². The number of carbonyl (C=O) groups excluding carboxylic acids is 2. The van der Waals surface area contributed by atoms with Gasteiger partial charge in [0.1, 0.15) is 0 Å². The van der Waals surface area contributed by atoms with Gasteiger partial charge >= 0.3 is 6.18 Å². The van der Waals surface area contributed by atoms with Crippen LogP contribution in [0.5, 0.6) is 0 Å². The number of benzene rings is 1. The standard InChI is InChI=1S/C19H20F3N3O2S/c1-18(2,3)16(27)24-17-23-13(10-28-17)9-15(26)25-7-6-11-8-12(19(20,21)22)4-5-14(11)25/h4-5,8,10H,6-7,9H2,1-3H3,(H,23,24,27). The van der Waals surface area contributed by atoms with Crippen LogP contribution < -0.4 is 10.2 Å². The summed E-state index contributed by atoms with van der Waals surface area (Å²) in [5.74, 6) is -0.411. The topological polar surface area (TPSA) is 62.3 Å². The van der Waals surface area contributed by atoms with Crippen LogP contribution in [0.1, 0.15) is 37.6 Å². The van der Waals surface area contributed by atoms with Crippen molar-refractivity contribution in [2.24, 2.45) is 5.41 Å². The Bertz CT molecular complexity index is 916. The second-order valence-corrected chi connectivity index (χ2v) is 8.52. The molecule has 0 fully saturated rings. The molecule has 0 unspecified atom stereocenters. The third-order valence-corrected chi connectivity index (χ3v) is 5.20. The van der Waals surface area contributed by atoms with Gasteiger partial charge in [-0.3, -0.25) is 9.59 Å². The van der Waals surface area contributed by atoms with Gasteiger partial charge in [-0.1, -0.05) is 20.8 Å². The predicted molar refractivity (Wildman–Crippen MR) is 101 cm³/mol. The first-order valence-corrected chi connectivity index (χ1v) is 9.59. The molecule has 28 heavy (non-hydrogen) atoms. The van der Waals surface area contributed by atoms with Crippen LogP contribution in [0, 0.1) is 5.41 Å². The Hall–Kier alpha value is -2.42. The first kappa shape index (κ1) is 20.3. The second-order valence-electron chi connectivity index (χ2n) is 7.66. The van der Waals surface area contributed by atoms with E-state index < -0.39 is 17.2 Å². The molecular weight excluding hydrogens is 391 g/mol. The molecule has 5 nitrogen and oxygen atoms in total. The van der Waals surface area contributed by atoms with Gasteiger partial charge in [0.15, 0.2) is 5.13 Å². The van der Waals surface area contributed by atoms with Crippen LogP contribution >= 0.6 is 11.3 Å². The largest absolute Gasteiger partial charge is 0.416 e. The lowest BCUT2D eigenvalue weighted by molar-refractivity contribution is -0.137. The molecule has 2 aromatic rings. The number of hydrogen-bond donors (Lipinski definition) is 1. The van der Waals surface area contributed by atoms with Gasteiger partial charge in [-0.25, -0.2) is 4.98 Å². The summed E-state index contributed by atoms with van der Waals surface area (Å²) < 4.78 is 38.5. The van der Waals surface area contributed by atoms with Crippen molar-refractivity contribution >= 4 is 34.0 Å². The lowest BCUT2D eigenvalue weighted by atomic mass is 9.96. The molecule has 1 N–H and O–H groups in total. The zero-order valence-corrected chi connectivity index (χ0v) is 16.5. The number of halogens is 3. The molecule has 9 heteroatoms. The summed E-state index contributed by atoms with van der Waals surface area (Å²) in [6.07, 6.45) is -4.00. The van der Waals surface area contributed by atoms with Crippen LogP contribution in [-0.2, 0) is 28.6 Å². The maximum Gasteiger partial charge on any atom is 0.416 e. The summed E-state index contributed by atoms with van der Waals surface area (Å²) in [6.45, 7) is 5.70. The third kappa shape index (κ3) is 4.35. The fourth-order valence-corrected chi connectivity index (χ4v) is 3.52. The van der Waals surface area contributed by atoms with E-state index in [4.69, 9.17) is 0 Å². The second kappa shape index (κ2) is 7.20. The fourth-order valence-electron chi connectivity index (χ4n) is 2.82. The molecule has 1 aliphatic heterocycles. The van der Waals surface area contributed by atoms with Crippen LogP contribution in [0.25, 0.3) is 0 Å². The van der Waals surface area contributed by atoms with E-state index in [0.29, 0.717) is 35.0 Å². The summed E-state index contributed by atoms with van der Waals surface area (Å²) in [4.78, 5) is 30.4. The zero-order chi connectivity index (χ0) is 20.7. The minimum absolute atomic E-state index is 0.0162. The molecule has 1 aromatic heterocycles. The first-order chi connectivity index (χ1) is 12.9. The highest BCUT2D eigenvalue weighted by atomic mass is 32.1. The average molecular weight is 411 g/mol. The molecule has 0 radical (unpaired) electrons. The Labute approximate surface area is 164 Å². The Morgan fingerprint density at radius 3 is 2.61 bits per heavy atom. The van der Waals surface area contributed by atoms with Crippen LogP contribution in [0.3, 0.4) is 0 Å². The van der Waals surface area contributed by atoms with Gasteiger partial charge in [-0.15, -0.1) is 11.3 Å². The van der Waals surface area contributed by atoms with Crippen LogP contribution in [-0.4, -0.2) is 23.3 Å². The van der Waals surface area contributed by atoms with Gasteiger partial charge in [0, 0.05) is 23.0 Å². The molecule has 0 saturated carbocycles. The molecule has 0 saturated heterocycles. The van der Waals surface area contributed by atoms with Crippen LogP contribution in [0.2, 0.25) is 0 Å². The van der Waals surface area contributed by atoms with E-state index >= 15 is 0 Å². The van der Waals surface area contributed by atoms with Crippen molar-refractivity contribution in [1.82, 2.24) is 4.98 Å². The normalized spacial score (nSPS) is 14.1. The number of anilines is 2. The maximum atomic E-state index is 12.8. The molecule has 0 spiro atoms. The summed E-state index contributed by atoms with van der Waals surface area (Å²) in [5.41, 5.74) is 0.267. The Balaban J connectivity index is 1.68. The number of amides is 2. The number of aromatic nitrogens is 1. The van der Waals surface area contributed by atoms with Gasteiger partial charge < -0.3 is 10.2 Å². The first-order valence-electron chi connectivity index (χ1n) is 8.71. The van der Waals surface area contributed by atoms with Gasteiger partial charge in [-0.2, -0.15) is 13.2 Å². The number of thiazole rings is 1. The molecular formula is C19H20F3N3O2S. The van der Waals surface area contributed by atoms with Crippen LogP contribution in [0.4, 0.5) is 24.0 Å². The highest BCUT2D eigenvalue weighted by Crippen LogP contribution is 2.36. The Kier molecular flexibility index (Phi) is 5.22. The van der Waals surface area contributed by atoms with Gasteiger partial charge in [0.2, 0.25) is 11.8 Å². The lowest BCUT2D eigenvalue weighted by Crippen LogP contribution is -2.30. The Morgan fingerprint density at radius 1 is 1.25 bits per heavy atom. The summed E-state index contributed by atoms with van der Waals surface area (Å²) in [7, 11) is 0. The van der Waals surface area contributed by atoms with E-state index in [0.717, 1.165) is 12.1 Å². The summed E-state index contributed by atoms with van der Waals surface area (Å²) in [6, 6.07) is 3.44. The summed E-state index contributed by atoms with van der Waals surface area (Å²) >= 11 is 1.23. The number of alkyl halides is 3. The molecule has 3 rings (SSSR count). The monoisotopic (exact) mass is 411 g/mol. The lowest BCUT2D eigenvalue weighted by Gasteiger charge is -2.17.